The maximum atomic E-state index is 12.1. The monoisotopic (exact) mass is 275 g/mol. The fourth-order valence-electron chi connectivity index (χ4n) is 3.18. The molecule has 1 aromatic carbocycles. The molecule has 1 saturated heterocycles. The molecule has 110 valence electrons. The summed E-state index contributed by atoms with van der Waals surface area (Å²) in [5, 5.41) is 2.79. The molecular formula is C16H25N3O. The van der Waals surface area contributed by atoms with Crippen LogP contribution < -0.4 is 11.1 Å². The highest BCUT2D eigenvalue weighted by Crippen LogP contribution is 2.30. The molecule has 3 atom stereocenters. The van der Waals surface area contributed by atoms with Crippen molar-refractivity contribution in [3.63, 3.8) is 0 Å². The lowest BCUT2D eigenvalue weighted by Crippen LogP contribution is -2.53. The molecule has 1 aliphatic heterocycles. The minimum atomic E-state index is -0.0649. The van der Waals surface area contributed by atoms with Crippen LogP contribution in [0, 0.1) is 0 Å². The average Bonchev–Trinajstić information content (AvgIpc) is 2.48. The summed E-state index contributed by atoms with van der Waals surface area (Å²) in [4.78, 5) is 14.4. The van der Waals surface area contributed by atoms with Gasteiger partial charge in [-0.25, -0.2) is 0 Å². The lowest BCUT2D eigenvalue weighted by atomic mass is 9.92. The second-order valence-corrected chi connectivity index (χ2v) is 5.58. The van der Waals surface area contributed by atoms with Gasteiger partial charge >= 0.3 is 0 Å². The Morgan fingerprint density at radius 3 is 2.65 bits per heavy atom. The molecule has 4 heteroatoms. The Morgan fingerprint density at radius 2 is 2.05 bits per heavy atom. The van der Waals surface area contributed by atoms with Crippen molar-refractivity contribution in [2.75, 3.05) is 13.6 Å². The molecule has 20 heavy (non-hydrogen) atoms. The van der Waals surface area contributed by atoms with Crippen LogP contribution in [-0.2, 0) is 4.79 Å². The van der Waals surface area contributed by atoms with E-state index in [1.54, 1.807) is 7.05 Å². The van der Waals surface area contributed by atoms with E-state index in [1.165, 1.54) is 5.56 Å². The van der Waals surface area contributed by atoms with Crippen molar-refractivity contribution >= 4 is 5.91 Å². The van der Waals surface area contributed by atoms with Crippen molar-refractivity contribution in [3.05, 3.63) is 35.9 Å². The average molecular weight is 275 g/mol. The molecule has 2 rings (SSSR count). The van der Waals surface area contributed by atoms with E-state index in [9.17, 15) is 4.79 Å². The zero-order valence-corrected chi connectivity index (χ0v) is 12.4. The number of likely N-dealkylation sites (N-methyl/N-ethyl adjacent to an activating group) is 1. The molecule has 1 amide bonds. The Labute approximate surface area is 121 Å². The predicted octanol–water partition coefficient (Wildman–Crippen LogP) is 1.68. The van der Waals surface area contributed by atoms with Crippen LogP contribution in [0.1, 0.15) is 37.8 Å². The Bertz CT molecular complexity index is 433. The Kier molecular flexibility index (Phi) is 5.15. The van der Waals surface area contributed by atoms with Crippen LogP contribution in [0.15, 0.2) is 30.3 Å². The number of hydrogen-bond donors (Lipinski definition) is 2. The number of hydrogen-bond acceptors (Lipinski definition) is 3. The van der Waals surface area contributed by atoms with E-state index in [-0.39, 0.29) is 24.0 Å². The van der Waals surface area contributed by atoms with E-state index >= 15 is 0 Å². The molecular weight excluding hydrogens is 250 g/mol. The molecule has 0 spiro atoms. The number of rotatable bonds is 4. The summed E-state index contributed by atoms with van der Waals surface area (Å²) >= 11 is 0. The van der Waals surface area contributed by atoms with Crippen molar-refractivity contribution in [2.24, 2.45) is 5.73 Å². The topological polar surface area (TPSA) is 58.4 Å². The third kappa shape index (κ3) is 3.19. The minimum absolute atomic E-state index is 0.0114. The summed E-state index contributed by atoms with van der Waals surface area (Å²) in [6, 6.07) is 10.3. The lowest BCUT2D eigenvalue weighted by molar-refractivity contribution is -0.128. The second kappa shape index (κ2) is 6.86. The number of nitrogens with two attached hydrogens (primary N) is 1. The lowest BCUT2D eigenvalue weighted by Gasteiger charge is -2.42. The number of piperidine rings is 1. The zero-order chi connectivity index (χ0) is 14.5. The van der Waals surface area contributed by atoms with Gasteiger partial charge in [0.25, 0.3) is 0 Å². The maximum absolute atomic E-state index is 12.1. The van der Waals surface area contributed by atoms with Gasteiger partial charge in [0.05, 0.1) is 12.1 Å². The summed E-state index contributed by atoms with van der Waals surface area (Å²) in [6.45, 7) is 2.95. The van der Waals surface area contributed by atoms with Crippen molar-refractivity contribution in [1.82, 2.24) is 10.2 Å². The molecule has 1 heterocycles. The van der Waals surface area contributed by atoms with Crippen LogP contribution in [-0.4, -0.2) is 36.5 Å². The van der Waals surface area contributed by atoms with Gasteiger partial charge in [0.1, 0.15) is 0 Å². The first-order valence-electron chi connectivity index (χ1n) is 7.43. The van der Waals surface area contributed by atoms with Crippen molar-refractivity contribution in [3.8, 4) is 0 Å². The molecule has 0 saturated carbocycles. The number of likely N-dealkylation sites (tertiary alicyclic amines) is 1. The van der Waals surface area contributed by atoms with E-state index in [4.69, 9.17) is 5.73 Å². The number of nitrogens with zero attached hydrogens (tertiary/aromatic N) is 1. The van der Waals surface area contributed by atoms with E-state index in [1.807, 2.05) is 25.1 Å². The largest absolute Gasteiger partial charge is 0.358 e. The van der Waals surface area contributed by atoms with Gasteiger partial charge < -0.3 is 11.1 Å². The Balaban J connectivity index is 2.29. The molecule has 0 aliphatic carbocycles. The third-order valence-electron chi connectivity index (χ3n) is 4.09. The number of carbonyl (C=O) groups is 1. The Morgan fingerprint density at radius 1 is 1.35 bits per heavy atom. The van der Waals surface area contributed by atoms with E-state index in [2.05, 4.69) is 22.3 Å². The third-order valence-corrected chi connectivity index (χ3v) is 4.09. The molecule has 0 aromatic heterocycles. The van der Waals surface area contributed by atoms with Crippen LogP contribution >= 0.6 is 0 Å². The van der Waals surface area contributed by atoms with Gasteiger partial charge in [-0.3, -0.25) is 9.69 Å². The second-order valence-electron chi connectivity index (χ2n) is 5.58. The highest BCUT2D eigenvalue weighted by atomic mass is 16.2. The van der Waals surface area contributed by atoms with Gasteiger partial charge in [0.15, 0.2) is 0 Å². The summed E-state index contributed by atoms with van der Waals surface area (Å²) < 4.78 is 0. The fraction of sp³-hybridized carbons (Fsp3) is 0.562. The van der Waals surface area contributed by atoms with Crippen molar-refractivity contribution in [2.45, 2.75) is 44.3 Å². The maximum Gasteiger partial charge on any atom is 0.237 e. The van der Waals surface area contributed by atoms with E-state index < -0.39 is 0 Å². The highest BCUT2D eigenvalue weighted by molar-refractivity contribution is 5.81. The molecule has 3 N–H and O–H groups in total. The van der Waals surface area contributed by atoms with Gasteiger partial charge in [-0.1, -0.05) is 36.8 Å². The fourth-order valence-corrected chi connectivity index (χ4v) is 3.18. The predicted molar refractivity (Wildman–Crippen MR) is 81.2 cm³/mol. The first-order valence-corrected chi connectivity index (χ1v) is 7.43. The van der Waals surface area contributed by atoms with E-state index in [0.717, 1.165) is 25.8 Å². The van der Waals surface area contributed by atoms with Gasteiger partial charge in [-0.05, 0) is 31.9 Å². The molecule has 0 bridgehead atoms. The van der Waals surface area contributed by atoms with Crippen LogP contribution in [0.2, 0.25) is 0 Å². The first kappa shape index (κ1) is 15.0. The summed E-state index contributed by atoms with van der Waals surface area (Å²) in [7, 11) is 1.71. The first-order chi connectivity index (χ1) is 9.65. The van der Waals surface area contributed by atoms with Crippen LogP contribution in [0.25, 0.3) is 0 Å². The SMILES string of the molecule is CNC(=O)C1CCCCN1C(c1ccccc1)C(C)N. The normalized spacial score (nSPS) is 23.1. The Hall–Kier alpha value is -1.39. The van der Waals surface area contributed by atoms with Gasteiger partial charge in [-0.15, -0.1) is 0 Å². The molecule has 3 unspecified atom stereocenters. The number of benzene rings is 1. The smallest absolute Gasteiger partial charge is 0.237 e. The van der Waals surface area contributed by atoms with Crippen LogP contribution in [0.4, 0.5) is 0 Å². The standard InChI is InChI=1S/C16H25N3O/c1-12(17)15(13-8-4-3-5-9-13)19-11-7-6-10-14(19)16(20)18-2/h3-5,8-9,12,14-15H,6-7,10-11,17H2,1-2H3,(H,18,20). The highest BCUT2D eigenvalue weighted by Gasteiger charge is 2.35. The van der Waals surface area contributed by atoms with Crippen LogP contribution in [0.3, 0.4) is 0 Å². The van der Waals surface area contributed by atoms with E-state index in [0.29, 0.717) is 0 Å². The molecule has 4 nitrogen and oxygen atoms in total. The van der Waals surface area contributed by atoms with Crippen molar-refractivity contribution in [1.29, 1.82) is 0 Å². The van der Waals surface area contributed by atoms with Gasteiger partial charge in [0.2, 0.25) is 5.91 Å². The number of nitrogens with one attached hydrogen (secondary N) is 1. The minimum Gasteiger partial charge on any atom is -0.358 e. The van der Waals surface area contributed by atoms with Crippen molar-refractivity contribution < 1.29 is 4.79 Å². The van der Waals surface area contributed by atoms with Gasteiger partial charge in [0, 0.05) is 13.1 Å². The number of amides is 1. The summed E-state index contributed by atoms with van der Waals surface area (Å²) in [5.74, 6) is 0.103. The van der Waals surface area contributed by atoms with Crippen LogP contribution in [0.5, 0.6) is 0 Å². The molecule has 1 aliphatic rings. The summed E-state index contributed by atoms with van der Waals surface area (Å²) in [6.07, 6.45) is 3.15. The van der Waals surface area contributed by atoms with Gasteiger partial charge in [-0.2, -0.15) is 0 Å². The molecule has 1 aromatic rings. The number of carbonyl (C=O) groups excluding carboxylic acids is 1. The zero-order valence-electron chi connectivity index (χ0n) is 12.4. The summed E-state index contributed by atoms with van der Waals surface area (Å²) in [5.41, 5.74) is 7.42. The molecule has 1 fully saturated rings. The molecule has 0 radical (unpaired) electrons. The quantitative estimate of drug-likeness (QED) is 0.879.